The van der Waals surface area contributed by atoms with Crippen molar-refractivity contribution < 1.29 is 0 Å². The number of hydrogen-bond donors (Lipinski definition) is 0. The summed E-state index contributed by atoms with van der Waals surface area (Å²) in [5, 5.41) is 0.613. The van der Waals surface area contributed by atoms with Gasteiger partial charge in [-0.2, -0.15) is 4.98 Å². The van der Waals surface area contributed by atoms with Crippen LogP contribution in [0.4, 0.5) is 0 Å². The second-order valence-electron chi connectivity index (χ2n) is 6.34. The second kappa shape index (κ2) is 5.88. The lowest BCUT2D eigenvalue weighted by Gasteiger charge is -2.06. The van der Waals surface area contributed by atoms with E-state index < -0.39 is 0 Å². The number of nitrogens with zero attached hydrogens (tertiary/aromatic N) is 5. The molecular formula is C18H18ClN5O2. The van der Waals surface area contributed by atoms with Crippen LogP contribution in [0.3, 0.4) is 0 Å². The van der Waals surface area contributed by atoms with Crippen molar-refractivity contribution in [1.82, 2.24) is 23.1 Å². The van der Waals surface area contributed by atoms with Crippen LogP contribution in [0.15, 0.2) is 40.1 Å². The summed E-state index contributed by atoms with van der Waals surface area (Å²) in [5.74, 6) is 0.570. The molecule has 0 fully saturated rings. The molecule has 0 aliphatic heterocycles. The zero-order valence-electron chi connectivity index (χ0n) is 14.7. The summed E-state index contributed by atoms with van der Waals surface area (Å²) in [6, 6.07) is 7.42. The molecule has 0 aliphatic carbocycles. The van der Waals surface area contributed by atoms with Crippen LogP contribution < -0.4 is 11.2 Å². The van der Waals surface area contributed by atoms with E-state index in [1.807, 2.05) is 42.8 Å². The number of fused-ring (bicyclic) bond motifs is 3. The zero-order chi connectivity index (χ0) is 18.6. The van der Waals surface area contributed by atoms with Crippen molar-refractivity contribution in [3.8, 4) is 5.69 Å². The van der Waals surface area contributed by atoms with Crippen LogP contribution >= 0.6 is 11.6 Å². The third-order valence-electron chi connectivity index (χ3n) is 4.54. The number of hydrogen-bond acceptors (Lipinski definition) is 3. The average Bonchev–Trinajstić information content (AvgIpc) is 3.11. The van der Waals surface area contributed by atoms with Gasteiger partial charge in [0, 0.05) is 30.5 Å². The Kier molecular flexibility index (Phi) is 3.77. The number of imidazole rings is 2. The van der Waals surface area contributed by atoms with Crippen molar-refractivity contribution in [3.05, 3.63) is 62.0 Å². The van der Waals surface area contributed by atoms with Crippen LogP contribution in [-0.2, 0) is 13.6 Å². The Labute approximate surface area is 153 Å². The smallest absolute Gasteiger partial charge is 0.283 e. The zero-order valence-corrected chi connectivity index (χ0v) is 15.5. The van der Waals surface area contributed by atoms with Crippen LogP contribution in [0.1, 0.15) is 19.0 Å². The van der Waals surface area contributed by atoms with Crippen LogP contribution in [0, 0.1) is 6.92 Å². The molecule has 0 aliphatic rings. The quantitative estimate of drug-likeness (QED) is 0.555. The molecule has 0 amide bonds. The fraction of sp³-hybridized carbons (Fsp3) is 0.278. The van der Waals surface area contributed by atoms with E-state index >= 15 is 0 Å². The highest BCUT2D eigenvalue weighted by atomic mass is 35.5. The highest BCUT2D eigenvalue weighted by Crippen LogP contribution is 2.22. The normalized spacial score (nSPS) is 11.7. The van der Waals surface area contributed by atoms with Gasteiger partial charge < -0.3 is 0 Å². The summed E-state index contributed by atoms with van der Waals surface area (Å²) >= 11 is 6.13. The Morgan fingerprint density at radius 2 is 2.00 bits per heavy atom. The van der Waals surface area contributed by atoms with Crippen LogP contribution in [0.5, 0.6) is 0 Å². The molecule has 0 spiro atoms. The highest BCUT2D eigenvalue weighted by Gasteiger charge is 2.20. The lowest BCUT2D eigenvalue weighted by Crippen LogP contribution is -2.39. The van der Waals surface area contributed by atoms with E-state index in [-0.39, 0.29) is 11.2 Å². The molecule has 0 saturated carbocycles. The molecule has 4 rings (SSSR count). The van der Waals surface area contributed by atoms with Gasteiger partial charge >= 0.3 is 5.69 Å². The third-order valence-corrected chi connectivity index (χ3v) is 4.77. The summed E-state index contributed by atoms with van der Waals surface area (Å²) in [4.78, 5) is 30.0. The standard InChI is InChI=1S/C18H18ClN5O2/c1-4-8-22-16(25)14-15(21(3)18(22)26)20-17-23(14)10-11(2)24(17)13-7-5-6-12(19)9-13/h5-7,9-10H,4,8H2,1-3H3. The van der Waals surface area contributed by atoms with Gasteiger partial charge in [0.2, 0.25) is 5.78 Å². The van der Waals surface area contributed by atoms with Crippen LogP contribution in [-0.4, -0.2) is 23.1 Å². The Bertz CT molecular complexity index is 1270. The average molecular weight is 372 g/mol. The van der Waals surface area contributed by atoms with E-state index in [0.717, 1.165) is 11.4 Å². The molecule has 0 N–H and O–H groups in total. The van der Waals surface area contributed by atoms with Crippen molar-refractivity contribution >= 4 is 28.5 Å². The van der Waals surface area contributed by atoms with E-state index in [1.54, 1.807) is 17.5 Å². The van der Waals surface area contributed by atoms with E-state index in [9.17, 15) is 9.59 Å². The lowest BCUT2D eigenvalue weighted by atomic mass is 10.3. The monoisotopic (exact) mass is 371 g/mol. The fourth-order valence-corrected chi connectivity index (χ4v) is 3.55. The first-order chi connectivity index (χ1) is 12.4. The minimum atomic E-state index is -0.351. The molecule has 3 heterocycles. The van der Waals surface area contributed by atoms with Gasteiger partial charge in [0.1, 0.15) is 0 Å². The molecular weight excluding hydrogens is 354 g/mol. The molecule has 0 radical (unpaired) electrons. The van der Waals surface area contributed by atoms with Gasteiger partial charge in [0.15, 0.2) is 11.2 Å². The minimum Gasteiger partial charge on any atom is -0.283 e. The van der Waals surface area contributed by atoms with Gasteiger partial charge in [0.25, 0.3) is 5.56 Å². The summed E-state index contributed by atoms with van der Waals surface area (Å²) in [6.07, 6.45) is 2.55. The lowest BCUT2D eigenvalue weighted by molar-refractivity contribution is 0.592. The van der Waals surface area contributed by atoms with Gasteiger partial charge in [-0.3, -0.25) is 22.9 Å². The maximum Gasteiger partial charge on any atom is 0.332 e. The summed E-state index contributed by atoms with van der Waals surface area (Å²) in [5.41, 5.74) is 1.86. The molecule has 8 heteroatoms. The topological polar surface area (TPSA) is 66.2 Å². The maximum absolute atomic E-state index is 12.9. The van der Waals surface area contributed by atoms with Gasteiger partial charge in [-0.05, 0) is 31.5 Å². The first kappa shape index (κ1) is 16.7. The summed E-state index contributed by atoms with van der Waals surface area (Å²) < 4.78 is 6.36. The Morgan fingerprint density at radius 3 is 2.69 bits per heavy atom. The summed E-state index contributed by atoms with van der Waals surface area (Å²) in [6.45, 7) is 4.25. The molecule has 0 bridgehead atoms. The first-order valence-electron chi connectivity index (χ1n) is 8.40. The predicted molar refractivity (Wildman–Crippen MR) is 102 cm³/mol. The van der Waals surface area contributed by atoms with E-state index in [1.165, 1.54) is 9.13 Å². The molecule has 26 heavy (non-hydrogen) atoms. The summed E-state index contributed by atoms with van der Waals surface area (Å²) in [7, 11) is 1.64. The Morgan fingerprint density at radius 1 is 1.23 bits per heavy atom. The molecule has 1 aromatic carbocycles. The number of aromatic nitrogens is 5. The van der Waals surface area contributed by atoms with E-state index in [0.29, 0.717) is 34.9 Å². The van der Waals surface area contributed by atoms with Crippen molar-refractivity contribution in [1.29, 1.82) is 0 Å². The predicted octanol–water partition coefficient (Wildman–Crippen LogP) is 2.51. The number of benzene rings is 1. The van der Waals surface area contributed by atoms with Gasteiger partial charge in [-0.15, -0.1) is 0 Å². The van der Waals surface area contributed by atoms with Gasteiger partial charge in [-0.1, -0.05) is 24.6 Å². The molecule has 0 unspecified atom stereocenters. The Balaban J connectivity index is 2.15. The highest BCUT2D eigenvalue weighted by molar-refractivity contribution is 6.30. The number of halogens is 1. The molecule has 7 nitrogen and oxygen atoms in total. The molecule has 0 atom stereocenters. The van der Waals surface area contributed by atoms with Crippen molar-refractivity contribution in [2.75, 3.05) is 0 Å². The molecule has 3 aromatic heterocycles. The van der Waals surface area contributed by atoms with Gasteiger partial charge in [-0.25, -0.2) is 4.79 Å². The maximum atomic E-state index is 12.9. The SMILES string of the molecule is CCCn1c(=O)c2c(nc3n(-c4cccc(Cl)c4)c(C)cn23)n(C)c1=O. The van der Waals surface area contributed by atoms with Crippen molar-refractivity contribution in [2.24, 2.45) is 7.05 Å². The van der Waals surface area contributed by atoms with Crippen molar-refractivity contribution in [2.45, 2.75) is 26.8 Å². The fourth-order valence-electron chi connectivity index (χ4n) is 3.37. The molecule has 134 valence electrons. The van der Waals surface area contributed by atoms with E-state index in [4.69, 9.17) is 11.6 Å². The van der Waals surface area contributed by atoms with Gasteiger partial charge in [0.05, 0.1) is 5.69 Å². The van der Waals surface area contributed by atoms with Crippen LogP contribution in [0.2, 0.25) is 5.02 Å². The molecule has 4 aromatic rings. The van der Waals surface area contributed by atoms with Crippen LogP contribution in [0.25, 0.3) is 22.6 Å². The Hall–Kier alpha value is -2.80. The number of aryl methyl sites for hydroxylation is 2. The molecule has 0 saturated heterocycles. The largest absolute Gasteiger partial charge is 0.332 e. The first-order valence-corrected chi connectivity index (χ1v) is 8.77. The number of rotatable bonds is 3. The minimum absolute atomic E-state index is 0.319. The van der Waals surface area contributed by atoms with Crippen molar-refractivity contribution in [3.63, 3.8) is 0 Å². The van der Waals surface area contributed by atoms with E-state index in [2.05, 4.69) is 4.98 Å². The second-order valence-corrected chi connectivity index (χ2v) is 6.77. The third kappa shape index (κ3) is 2.24.